The van der Waals surface area contributed by atoms with Crippen molar-refractivity contribution in [1.29, 1.82) is 0 Å². The molecule has 134 valence electrons. The van der Waals surface area contributed by atoms with E-state index in [0.29, 0.717) is 11.4 Å². The van der Waals surface area contributed by atoms with E-state index in [2.05, 4.69) is 41.5 Å². The summed E-state index contributed by atoms with van der Waals surface area (Å²) in [6.07, 6.45) is 1.26. The Kier molecular flexibility index (Phi) is 5.68. The number of amides is 1. The van der Waals surface area contributed by atoms with Crippen molar-refractivity contribution in [2.45, 2.75) is 26.7 Å². The number of carbonyl (C=O) groups is 1. The van der Waals surface area contributed by atoms with E-state index in [-0.39, 0.29) is 12.3 Å². The second-order valence-corrected chi connectivity index (χ2v) is 6.98. The summed E-state index contributed by atoms with van der Waals surface area (Å²) in [6.45, 7) is 4.12. The Morgan fingerprint density at radius 3 is 2.65 bits per heavy atom. The Labute approximate surface area is 157 Å². The summed E-state index contributed by atoms with van der Waals surface area (Å²) in [5.41, 5.74) is 4.90. The molecule has 2 aromatic carbocycles. The minimum atomic E-state index is -0.105. The lowest BCUT2D eigenvalue weighted by molar-refractivity contribution is -0.115. The summed E-state index contributed by atoms with van der Waals surface area (Å²) >= 11 is 1.56. The predicted molar refractivity (Wildman–Crippen MR) is 107 cm³/mol. The van der Waals surface area contributed by atoms with Crippen molar-refractivity contribution in [3.8, 4) is 16.3 Å². The van der Waals surface area contributed by atoms with Crippen LogP contribution in [0.1, 0.15) is 23.7 Å². The van der Waals surface area contributed by atoms with Gasteiger partial charge in [0, 0.05) is 10.9 Å². The van der Waals surface area contributed by atoms with Crippen LogP contribution in [0.2, 0.25) is 0 Å². The van der Waals surface area contributed by atoms with Crippen molar-refractivity contribution < 1.29 is 9.53 Å². The number of nitrogens with one attached hydrogen (secondary N) is 1. The molecular formula is C21H22N2O2S. The molecule has 1 heterocycles. The summed E-state index contributed by atoms with van der Waals surface area (Å²) in [5.74, 6) is 0.547. The van der Waals surface area contributed by atoms with Gasteiger partial charge < -0.3 is 10.1 Å². The number of anilines is 1. The van der Waals surface area contributed by atoms with E-state index >= 15 is 0 Å². The Morgan fingerprint density at radius 2 is 1.96 bits per heavy atom. The number of hydrogen-bond donors (Lipinski definition) is 1. The SMILES string of the molecule is CCc1ccc(-c2nc(CC(=O)Nc3cc(C)ccc3OC)cs2)cc1. The van der Waals surface area contributed by atoms with Gasteiger partial charge in [0.05, 0.1) is 24.9 Å². The third-order valence-electron chi connectivity index (χ3n) is 4.13. The standard InChI is InChI=1S/C21H22N2O2S/c1-4-15-6-8-16(9-7-15)21-22-17(13-26-21)12-20(24)23-18-11-14(2)5-10-19(18)25-3/h5-11,13H,4,12H2,1-3H3,(H,23,24). The van der Waals surface area contributed by atoms with Crippen LogP contribution < -0.4 is 10.1 Å². The lowest BCUT2D eigenvalue weighted by Crippen LogP contribution is -2.15. The highest BCUT2D eigenvalue weighted by molar-refractivity contribution is 7.13. The lowest BCUT2D eigenvalue weighted by atomic mass is 10.1. The molecule has 4 nitrogen and oxygen atoms in total. The molecule has 3 rings (SSSR count). The van der Waals surface area contributed by atoms with Gasteiger partial charge in [-0.2, -0.15) is 0 Å². The average molecular weight is 366 g/mol. The number of nitrogens with zero attached hydrogens (tertiary/aromatic N) is 1. The highest BCUT2D eigenvalue weighted by Gasteiger charge is 2.12. The van der Waals surface area contributed by atoms with E-state index < -0.39 is 0 Å². The molecule has 0 aliphatic rings. The Bertz CT molecular complexity index is 901. The Balaban J connectivity index is 1.69. The summed E-state index contributed by atoms with van der Waals surface area (Å²) in [5, 5.41) is 5.79. The first-order valence-electron chi connectivity index (χ1n) is 8.57. The fourth-order valence-electron chi connectivity index (χ4n) is 2.68. The fraction of sp³-hybridized carbons (Fsp3) is 0.238. The number of methoxy groups -OCH3 is 1. The first kappa shape index (κ1) is 18.1. The summed E-state index contributed by atoms with van der Waals surface area (Å²) < 4.78 is 5.30. The van der Waals surface area contributed by atoms with E-state index in [1.165, 1.54) is 5.56 Å². The largest absolute Gasteiger partial charge is 0.495 e. The molecule has 1 aromatic heterocycles. The highest BCUT2D eigenvalue weighted by Crippen LogP contribution is 2.27. The van der Waals surface area contributed by atoms with Crippen LogP contribution in [0.4, 0.5) is 5.69 Å². The number of thiazole rings is 1. The van der Waals surface area contributed by atoms with Crippen molar-refractivity contribution in [1.82, 2.24) is 4.98 Å². The quantitative estimate of drug-likeness (QED) is 0.677. The lowest BCUT2D eigenvalue weighted by Gasteiger charge is -2.10. The van der Waals surface area contributed by atoms with Gasteiger partial charge in [-0.25, -0.2) is 4.98 Å². The third-order valence-corrected chi connectivity index (χ3v) is 5.07. The first-order chi connectivity index (χ1) is 12.6. The summed E-state index contributed by atoms with van der Waals surface area (Å²) in [4.78, 5) is 17.0. The maximum Gasteiger partial charge on any atom is 0.230 e. The van der Waals surface area contributed by atoms with Gasteiger partial charge in [0.15, 0.2) is 0 Å². The number of rotatable bonds is 6. The van der Waals surface area contributed by atoms with Gasteiger partial charge in [-0.1, -0.05) is 37.3 Å². The second-order valence-electron chi connectivity index (χ2n) is 6.12. The van der Waals surface area contributed by atoms with Gasteiger partial charge in [0.25, 0.3) is 0 Å². The van der Waals surface area contributed by atoms with Crippen molar-refractivity contribution in [2.24, 2.45) is 0 Å². The molecule has 5 heteroatoms. The predicted octanol–water partition coefficient (Wildman–Crippen LogP) is 4.87. The maximum atomic E-state index is 12.4. The smallest absolute Gasteiger partial charge is 0.230 e. The molecule has 0 saturated heterocycles. The molecule has 0 radical (unpaired) electrons. The highest BCUT2D eigenvalue weighted by atomic mass is 32.1. The molecule has 0 spiro atoms. The molecule has 1 N–H and O–H groups in total. The minimum Gasteiger partial charge on any atom is -0.495 e. The molecule has 0 aliphatic heterocycles. The van der Waals surface area contributed by atoms with Crippen molar-refractivity contribution in [3.63, 3.8) is 0 Å². The van der Waals surface area contributed by atoms with Gasteiger partial charge in [-0.15, -0.1) is 11.3 Å². The zero-order valence-electron chi connectivity index (χ0n) is 15.2. The van der Waals surface area contributed by atoms with Crippen molar-refractivity contribution in [2.75, 3.05) is 12.4 Å². The first-order valence-corrected chi connectivity index (χ1v) is 9.45. The van der Waals surface area contributed by atoms with Crippen LogP contribution >= 0.6 is 11.3 Å². The van der Waals surface area contributed by atoms with Gasteiger partial charge in [0.1, 0.15) is 10.8 Å². The minimum absolute atomic E-state index is 0.105. The van der Waals surface area contributed by atoms with E-state index in [1.54, 1.807) is 18.4 Å². The van der Waals surface area contributed by atoms with Crippen LogP contribution in [0.3, 0.4) is 0 Å². The van der Waals surface area contributed by atoms with Crippen LogP contribution in [0.5, 0.6) is 5.75 Å². The molecule has 0 unspecified atom stereocenters. The molecule has 0 bridgehead atoms. The van der Waals surface area contributed by atoms with Crippen molar-refractivity contribution in [3.05, 3.63) is 64.7 Å². The molecule has 0 saturated carbocycles. The molecule has 0 aliphatic carbocycles. The Morgan fingerprint density at radius 1 is 1.19 bits per heavy atom. The van der Waals surface area contributed by atoms with Gasteiger partial charge in [-0.3, -0.25) is 4.79 Å². The molecule has 1 amide bonds. The zero-order valence-corrected chi connectivity index (χ0v) is 16.0. The van der Waals surface area contributed by atoms with Crippen LogP contribution in [0.15, 0.2) is 47.8 Å². The number of hydrogen-bond acceptors (Lipinski definition) is 4. The van der Waals surface area contributed by atoms with E-state index in [0.717, 1.165) is 28.2 Å². The Hall–Kier alpha value is -2.66. The number of ether oxygens (including phenoxy) is 1. The zero-order chi connectivity index (χ0) is 18.5. The number of carbonyl (C=O) groups excluding carboxylic acids is 1. The van der Waals surface area contributed by atoms with Crippen molar-refractivity contribution >= 4 is 22.9 Å². The second kappa shape index (κ2) is 8.15. The molecule has 3 aromatic rings. The van der Waals surface area contributed by atoms with E-state index in [1.807, 2.05) is 30.5 Å². The molecular weight excluding hydrogens is 344 g/mol. The monoisotopic (exact) mass is 366 g/mol. The third kappa shape index (κ3) is 4.29. The van der Waals surface area contributed by atoms with E-state index in [9.17, 15) is 4.79 Å². The maximum absolute atomic E-state index is 12.4. The summed E-state index contributed by atoms with van der Waals surface area (Å²) in [7, 11) is 1.59. The van der Waals surface area contributed by atoms with Gasteiger partial charge in [0.2, 0.25) is 5.91 Å². The molecule has 0 atom stereocenters. The normalized spacial score (nSPS) is 10.6. The fourth-order valence-corrected chi connectivity index (χ4v) is 3.51. The topological polar surface area (TPSA) is 51.2 Å². The van der Waals surface area contributed by atoms with Crippen LogP contribution in [-0.4, -0.2) is 18.0 Å². The number of aromatic nitrogens is 1. The molecule has 0 fully saturated rings. The number of benzene rings is 2. The molecule has 26 heavy (non-hydrogen) atoms. The van der Waals surface area contributed by atoms with Crippen LogP contribution in [0.25, 0.3) is 10.6 Å². The van der Waals surface area contributed by atoms with Crippen LogP contribution in [-0.2, 0) is 17.6 Å². The van der Waals surface area contributed by atoms with Gasteiger partial charge in [-0.05, 0) is 36.6 Å². The summed E-state index contributed by atoms with van der Waals surface area (Å²) in [6, 6.07) is 14.1. The average Bonchev–Trinajstić information content (AvgIpc) is 3.10. The van der Waals surface area contributed by atoms with Gasteiger partial charge >= 0.3 is 0 Å². The van der Waals surface area contributed by atoms with E-state index in [4.69, 9.17) is 4.74 Å². The van der Waals surface area contributed by atoms with Crippen LogP contribution in [0, 0.1) is 6.92 Å². The number of aryl methyl sites for hydroxylation is 2.